The average Bonchev–Trinajstić information content (AvgIpc) is 2.13. The molecule has 1 heterocycles. The summed E-state index contributed by atoms with van der Waals surface area (Å²) >= 11 is 0. The van der Waals surface area contributed by atoms with E-state index in [1.54, 1.807) is 0 Å². The van der Waals surface area contributed by atoms with Crippen LogP contribution in [0.4, 0.5) is 0 Å². The lowest BCUT2D eigenvalue weighted by Crippen LogP contribution is -2.17. The smallest absolute Gasteiger partial charge is 0.358 e. The maximum Gasteiger partial charge on any atom is 0.461 e. The van der Waals surface area contributed by atoms with Crippen LogP contribution >= 0.6 is 0 Å². The van der Waals surface area contributed by atoms with E-state index in [0.29, 0.717) is 0 Å². The Bertz CT molecular complexity index is 228. The molecule has 0 fully saturated rings. The Kier molecular flexibility index (Phi) is 1.03. The maximum absolute atomic E-state index is 10.2. The number of rotatable bonds is 0. The van der Waals surface area contributed by atoms with Crippen molar-refractivity contribution in [1.82, 2.24) is 0 Å². The number of hydrogen-bond acceptors (Lipinski definition) is 5. The van der Waals surface area contributed by atoms with E-state index < -0.39 is 16.7 Å². The van der Waals surface area contributed by atoms with Gasteiger partial charge < -0.3 is 10.1 Å². The zero-order valence-corrected chi connectivity index (χ0v) is 4.01. The topological polar surface area (TPSA) is 97.3 Å². The first-order valence-corrected chi connectivity index (χ1v) is 1.89. The van der Waals surface area contributed by atoms with Crippen molar-refractivity contribution < 1.29 is 9.72 Å². The minimum atomic E-state index is -1.000. The van der Waals surface area contributed by atoms with Crippen molar-refractivity contribution in [3.8, 4) is 0 Å². The van der Waals surface area contributed by atoms with Gasteiger partial charge in [0.15, 0.2) is 0 Å². The molecule has 0 saturated carbocycles. The quantitative estimate of drug-likeness (QED) is 0.327. The summed E-state index contributed by atoms with van der Waals surface area (Å²) in [6.07, 6.45) is 0. The first-order valence-electron chi connectivity index (χ1n) is 1.89. The van der Waals surface area contributed by atoms with Gasteiger partial charge in [-0.1, -0.05) is 5.11 Å². The van der Waals surface area contributed by atoms with Crippen molar-refractivity contribution >= 4 is 11.7 Å². The molecule has 0 unspecified atom stereocenters. The highest BCUT2D eigenvalue weighted by atomic mass is 16.6. The summed E-state index contributed by atoms with van der Waals surface area (Å²) in [5.41, 5.74) is 0. The molecule has 46 valence electrons. The number of amidine groups is 1. The number of nitro groups is 1. The van der Waals surface area contributed by atoms with Gasteiger partial charge in [-0.3, -0.25) is 4.79 Å². The Labute approximate surface area is 48.2 Å². The molecule has 0 saturated heterocycles. The molecule has 7 nitrogen and oxygen atoms in total. The van der Waals surface area contributed by atoms with Gasteiger partial charge in [-0.05, 0) is 4.92 Å². The van der Waals surface area contributed by atoms with E-state index in [4.69, 9.17) is 0 Å². The third-order valence-corrected chi connectivity index (χ3v) is 0.639. The Hall–Kier alpha value is -1.66. The second-order valence-electron chi connectivity index (χ2n) is 1.18. The van der Waals surface area contributed by atoms with Gasteiger partial charge in [-0.15, -0.1) is 0 Å². The van der Waals surface area contributed by atoms with Crippen LogP contribution in [0.2, 0.25) is 0 Å². The summed E-state index contributed by atoms with van der Waals surface area (Å²) in [7, 11) is 0. The molecule has 0 radical (unpaired) electrons. The molecule has 1 amide bonds. The number of carbonyl (C=O) groups is 1. The fraction of sp³-hybridized carbons (Fsp3) is 0. The van der Waals surface area contributed by atoms with Crippen LogP contribution in [0.1, 0.15) is 0 Å². The van der Waals surface area contributed by atoms with E-state index in [1.165, 1.54) is 0 Å². The molecular weight excluding hydrogens is 128 g/mol. The molecule has 0 aromatic rings. The van der Waals surface area contributed by atoms with Crippen LogP contribution in [0.5, 0.6) is 0 Å². The van der Waals surface area contributed by atoms with Gasteiger partial charge in [0.05, 0.1) is 5.22 Å². The van der Waals surface area contributed by atoms with E-state index in [1.807, 2.05) is 0 Å². The molecule has 1 aliphatic rings. The van der Waals surface area contributed by atoms with Crippen LogP contribution in [-0.2, 0) is 4.79 Å². The van der Waals surface area contributed by atoms with Gasteiger partial charge in [0, 0.05) is 0 Å². The Morgan fingerprint density at radius 2 is 2.22 bits per heavy atom. The highest BCUT2D eigenvalue weighted by molar-refractivity contribution is 6.35. The molecule has 9 heavy (non-hydrogen) atoms. The van der Waals surface area contributed by atoms with Crippen molar-refractivity contribution in [3.05, 3.63) is 10.1 Å². The minimum absolute atomic E-state index is 0.824. The largest absolute Gasteiger partial charge is 0.461 e. The SMILES string of the molecule is O=C1N=NN=C1[N+](=O)[O-]. The summed E-state index contributed by atoms with van der Waals surface area (Å²) in [4.78, 5) is 19.0. The van der Waals surface area contributed by atoms with Crippen LogP contribution in [0, 0.1) is 10.1 Å². The van der Waals surface area contributed by atoms with Crippen molar-refractivity contribution in [2.24, 2.45) is 15.4 Å². The molecule has 1 rings (SSSR count). The molecule has 0 aromatic carbocycles. The molecule has 0 atom stereocenters. The molecule has 1 aliphatic heterocycles. The van der Waals surface area contributed by atoms with E-state index in [2.05, 4.69) is 15.4 Å². The van der Waals surface area contributed by atoms with Crippen molar-refractivity contribution in [2.75, 3.05) is 0 Å². The van der Waals surface area contributed by atoms with Crippen LogP contribution in [0.3, 0.4) is 0 Å². The summed E-state index contributed by atoms with van der Waals surface area (Å²) in [5, 5.41) is 18.2. The highest BCUT2D eigenvalue weighted by Crippen LogP contribution is 1.95. The third-order valence-electron chi connectivity index (χ3n) is 0.639. The van der Waals surface area contributed by atoms with Gasteiger partial charge in [-0.25, -0.2) is 0 Å². The molecule has 0 N–H and O–H groups in total. The number of amides is 1. The maximum atomic E-state index is 10.2. The fourth-order valence-corrected chi connectivity index (χ4v) is 0.307. The standard InChI is InChI=1S/C2N4O3/c7-2-1(6(8)9)3-5-4-2. The van der Waals surface area contributed by atoms with Gasteiger partial charge in [0.2, 0.25) is 0 Å². The summed E-state index contributed by atoms with van der Waals surface area (Å²) < 4.78 is 0. The Morgan fingerprint density at radius 3 is 2.44 bits per heavy atom. The van der Waals surface area contributed by atoms with E-state index in [-0.39, 0.29) is 0 Å². The fourth-order valence-electron chi connectivity index (χ4n) is 0.307. The average molecular weight is 128 g/mol. The summed E-state index contributed by atoms with van der Waals surface area (Å²) in [5.74, 6) is -1.82. The molecule has 7 heteroatoms. The van der Waals surface area contributed by atoms with Gasteiger partial charge in [-0.2, -0.15) is 0 Å². The van der Waals surface area contributed by atoms with Gasteiger partial charge >= 0.3 is 11.7 Å². The molecule has 0 spiro atoms. The number of carbonyl (C=O) groups excluding carboxylic acids is 1. The molecule has 0 bridgehead atoms. The van der Waals surface area contributed by atoms with Crippen LogP contribution in [0.15, 0.2) is 15.4 Å². The van der Waals surface area contributed by atoms with Crippen molar-refractivity contribution in [1.29, 1.82) is 0 Å². The third kappa shape index (κ3) is 0.784. The van der Waals surface area contributed by atoms with Crippen molar-refractivity contribution in [2.45, 2.75) is 0 Å². The zero-order valence-electron chi connectivity index (χ0n) is 4.01. The van der Waals surface area contributed by atoms with Crippen LogP contribution in [-0.4, -0.2) is 16.7 Å². The number of hydrogen-bond donors (Lipinski definition) is 0. The Morgan fingerprint density at radius 1 is 1.56 bits per heavy atom. The van der Waals surface area contributed by atoms with E-state index >= 15 is 0 Å². The van der Waals surface area contributed by atoms with Gasteiger partial charge in [0.25, 0.3) is 0 Å². The van der Waals surface area contributed by atoms with Crippen LogP contribution in [0.25, 0.3) is 0 Å². The number of nitrogens with zero attached hydrogens (tertiary/aromatic N) is 4. The first kappa shape index (κ1) is 5.48. The second kappa shape index (κ2) is 1.69. The predicted octanol–water partition coefficient (Wildman–Crippen LogP) is -0.431. The highest BCUT2D eigenvalue weighted by Gasteiger charge is 2.28. The summed E-state index contributed by atoms with van der Waals surface area (Å²) in [6.45, 7) is 0. The monoisotopic (exact) mass is 128 g/mol. The first-order chi connectivity index (χ1) is 4.22. The van der Waals surface area contributed by atoms with E-state index in [9.17, 15) is 14.9 Å². The second-order valence-corrected chi connectivity index (χ2v) is 1.18. The minimum Gasteiger partial charge on any atom is -0.358 e. The normalized spacial score (nSPS) is 16.0. The van der Waals surface area contributed by atoms with Crippen molar-refractivity contribution in [3.63, 3.8) is 0 Å². The van der Waals surface area contributed by atoms with Crippen LogP contribution < -0.4 is 0 Å². The Balaban J connectivity index is 2.88. The lowest BCUT2D eigenvalue weighted by atomic mass is 10.6. The lowest BCUT2D eigenvalue weighted by molar-refractivity contribution is -0.348. The zero-order chi connectivity index (χ0) is 6.85. The van der Waals surface area contributed by atoms with Gasteiger partial charge in [0.1, 0.15) is 5.10 Å². The van der Waals surface area contributed by atoms with E-state index in [0.717, 1.165) is 0 Å². The predicted molar refractivity (Wildman–Crippen MR) is 24.3 cm³/mol. The molecule has 0 aromatic heterocycles. The lowest BCUT2D eigenvalue weighted by Gasteiger charge is -1.82. The summed E-state index contributed by atoms with van der Waals surface area (Å²) in [6, 6.07) is 0. The molecule has 0 aliphatic carbocycles. The molecular formula is C2N4O3.